The van der Waals surface area contributed by atoms with Crippen molar-refractivity contribution in [1.82, 2.24) is 9.55 Å². The molecular formula is C15H20N2O2. The SMILES string of the molecule is CC(C)n1cncc1COc1ccccc1[C@H](C)O. The lowest BCUT2D eigenvalue weighted by molar-refractivity contribution is 0.189. The van der Waals surface area contributed by atoms with E-state index in [1.54, 1.807) is 6.92 Å². The van der Waals surface area contributed by atoms with E-state index in [2.05, 4.69) is 23.4 Å². The van der Waals surface area contributed by atoms with Crippen LogP contribution in [-0.4, -0.2) is 14.7 Å². The van der Waals surface area contributed by atoms with Gasteiger partial charge in [0.1, 0.15) is 12.4 Å². The smallest absolute Gasteiger partial charge is 0.130 e. The number of imidazole rings is 1. The number of aliphatic hydroxyl groups is 1. The fraction of sp³-hybridized carbons (Fsp3) is 0.400. The summed E-state index contributed by atoms with van der Waals surface area (Å²) in [7, 11) is 0. The van der Waals surface area contributed by atoms with Crippen LogP contribution in [0.2, 0.25) is 0 Å². The highest BCUT2D eigenvalue weighted by Crippen LogP contribution is 2.25. The van der Waals surface area contributed by atoms with E-state index in [0.717, 1.165) is 11.3 Å². The second-order valence-electron chi connectivity index (χ2n) is 4.89. The Morgan fingerprint density at radius 1 is 1.26 bits per heavy atom. The molecule has 0 aliphatic carbocycles. The average Bonchev–Trinajstić information content (AvgIpc) is 2.85. The molecule has 0 amide bonds. The summed E-state index contributed by atoms with van der Waals surface area (Å²) in [5.74, 6) is 0.717. The van der Waals surface area contributed by atoms with Crippen LogP contribution in [0.1, 0.15) is 44.2 Å². The van der Waals surface area contributed by atoms with E-state index in [4.69, 9.17) is 4.74 Å². The lowest BCUT2D eigenvalue weighted by Gasteiger charge is -2.15. The van der Waals surface area contributed by atoms with Crippen LogP contribution >= 0.6 is 0 Å². The Kier molecular flexibility index (Phi) is 4.22. The van der Waals surface area contributed by atoms with Crippen LogP contribution < -0.4 is 4.74 Å². The Morgan fingerprint density at radius 3 is 2.68 bits per heavy atom. The monoisotopic (exact) mass is 260 g/mol. The number of benzene rings is 1. The Labute approximate surface area is 113 Å². The van der Waals surface area contributed by atoms with E-state index in [0.29, 0.717) is 18.4 Å². The van der Waals surface area contributed by atoms with Gasteiger partial charge >= 0.3 is 0 Å². The van der Waals surface area contributed by atoms with Crippen molar-refractivity contribution in [3.05, 3.63) is 48.0 Å². The van der Waals surface area contributed by atoms with Crippen molar-refractivity contribution < 1.29 is 9.84 Å². The molecule has 0 saturated carbocycles. The van der Waals surface area contributed by atoms with Gasteiger partial charge in [0.15, 0.2) is 0 Å². The molecule has 2 aromatic rings. The highest BCUT2D eigenvalue weighted by molar-refractivity contribution is 5.34. The van der Waals surface area contributed by atoms with E-state index in [-0.39, 0.29) is 0 Å². The van der Waals surface area contributed by atoms with Crippen molar-refractivity contribution in [3.63, 3.8) is 0 Å². The third kappa shape index (κ3) is 3.15. The van der Waals surface area contributed by atoms with Gasteiger partial charge in [-0.2, -0.15) is 0 Å². The minimum absolute atomic E-state index is 0.355. The zero-order valence-electron chi connectivity index (χ0n) is 11.6. The third-order valence-electron chi connectivity index (χ3n) is 3.05. The first kappa shape index (κ1) is 13.6. The first-order valence-corrected chi connectivity index (χ1v) is 6.50. The number of ether oxygens (including phenoxy) is 1. The molecule has 4 heteroatoms. The van der Waals surface area contributed by atoms with Crippen LogP contribution in [0.5, 0.6) is 5.75 Å². The van der Waals surface area contributed by atoms with Crippen molar-refractivity contribution >= 4 is 0 Å². The number of aliphatic hydroxyl groups excluding tert-OH is 1. The van der Waals surface area contributed by atoms with Crippen LogP contribution in [0.4, 0.5) is 0 Å². The Hall–Kier alpha value is -1.81. The molecule has 102 valence electrons. The van der Waals surface area contributed by atoms with Gasteiger partial charge in [-0.25, -0.2) is 4.98 Å². The Bertz CT molecular complexity index is 532. The number of hydrogen-bond acceptors (Lipinski definition) is 3. The predicted octanol–water partition coefficient (Wildman–Crippen LogP) is 3.10. The Balaban J connectivity index is 2.13. The molecule has 1 aromatic heterocycles. The number of hydrogen-bond donors (Lipinski definition) is 1. The fourth-order valence-electron chi connectivity index (χ4n) is 2.02. The van der Waals surface area contributed by atoms with Gasteiger partial charge in [0, 0.05) is 11.6 Å². The number of aromatic nitrogens is 2. The van der Waals surface area contributed by atoms with Crippen LogP contribution in [-0.2, 0) is 6.61 Å². The highest BCUT2D eigenvalue weighted by atomic mass is 16.5. The molecule has 1 heterocycles. The van der Waals surface area contributed by atoms with Gasteiger partial charge in [-0.15, -0.1) is 0 Å². The zero-order valence-corrected chi connectivity index (χ0v) is 11.6. The van der Waals surface area contributed by atoms with E-state index < -0.39 is 6.10 Å². The summed E-state index contributed by atoms with van der Waals surface area (Å²) in [6.45, 7) is 6.40. The maximum Gasteiger partial charge on any atom is 0.130 e. The molecule has 1 aromatic carbocycles. The van der Waals surface area contributed by atoms with Crippen LogP contribution in [0.3, 0.4) is 0 Å². The maximum absolute atomic E-state index is 9.71. The molecule has 0 aliphatic heterocycles. The van der Waals surface area contributed by atoms with Crippen molar-refractivity contribution in [2.24, 2.45) is 0 Å². The van der Waals surface area contributed by atoms with E-state index >= 15 is 0 Å². The summed E-state index contributed by atoms with van der Waals surface area (Å²) >= 11 is 0. The van der Waals surface area contributed by atoms with Gasteiger partial charge in [-0.3, -0.25) is 0 Å². The van der Waals surface area contributed by atoms with Gasteiger partial charge in [0.2, 0.25) is 0 Å². The highest BCUT2D eigenvalue weighted by Gasteiger charge is 2.10. The van der Waals surface area contributed by atoms with Gasteiger partial charge in [-0.1, -0.05) is 18.2 Å². The predicted molar refractivity (Wildman–Crippen MR) is 74.0 cm³/mol. The third-order valence-corrected chi connectivity index (χ3v) is 3.05. The fourth-order valence-corrected chi connectivity index (χ4v) is 2.02. The van der Waals surface area contributed by atoms with Crippen molar-refractivity contribution in [1.29, 1.82) is 0 Å². The quantitative estimate of drug-likeness (QED) is 0.898. The standard InChI is InChI=1S/C15H20N2O2/c1-11(2)17-10-16-8-13(17)9-19-15-7-5-4-6-14(15)12(3)18/h4-8,10-12,18H,9H2,1-3H3/t12-/m0/s1. The first-order chi connectivity index (χ1) is 9.09. The van der Waals surface area contributed by atoms with Gasteiger partial charge in [0.25, 0.3) is 0 Å². The zero-order chi connectivity index (χ0) is 13.8. The largest absolute Gasteiger partial charge is 0.487 e. The van der Waals surface area contributed by atoms with Crippen LogP contribution in [0.25, 0.3) is 0 Å². The second-order valence-corrected chi connectivity index (χ2v) is 4.89. The summed E-state index contributed by atoms with van der Waals surface area (Å²) in [4.78, 5) is 4.15. The molecule has 0 spiro atoms. The molecule has 0 bridgehead atoms. The van der Waals surface area contributed by atoms with E-state index in [9.17, 15) is 5.11 Å². The minimum Gasteiger partial charge on any atom is -0.487 e. The lowest BCUT2D eigenvalue weighted by atomic mass is 10.1. The molecule has 0 radical (unpaired) electrons. The first-order valence-electron chi connectivity index (χ1n) is 6.50. The Morgan fingerprint density at radius 2 is 2.00 bits per heavy atom. The van der Waals surface area contributed by atoms with Gasteiger partial charge < -0.3 is 14.4 Å². The molecule has 4 nitrogen and oxygen atoms in total. The van der Waals surface area contributed by atoms with Gasteiger partial charge in [-0.05, 0) is 26.8 Å². The second kappa shape index (κ2) is 5.89. The van der Waals surface area contributed by atoms with Crippen molar-refractivity contribution in [2.75, 3.05) is 0 Å². The summed E-state index contributed by atoms with van der Waals surface area (Å²) in [5, 5.41) is 9.71. The van der Waals surface area contributed by atoms with E-state index in [1.165, 1.54) is 0 Å². The van der Waals surface area contributed by atoms with Crippen LogP contribution in [0.15, 0.2) is 36.8 Å². The summed E-state index contributed by atoms with van der Waals surface area (Å²) in [6, 6.07) is 7.90. The molecule has 19 heavy (non-hydrogen) atoms. The molecule has 2 rings (SSSR count). The number of para-hydroxylation sites is 1. The lowest BCUT2D eigenvalue weighted by Crippen LogP contribution is -2.08. The molecule has 1 N–H and O–H groups in total. The summed E-state index contributed by atoms with van der Waals surface area (Å²) < 4.78 is 7.89. The molecule has 0 unspecified atom stereocenters. The average molecular weight is 260 g/mol. The molecule has 0 fully saturated rings. The molecule has 0 aliphatic rings. The van der Waals surface area contributed by atoms with Crippen molar-refractivity contribution in [2.45, 2.75) is 39.5 Å². The van der Waals surface area contributed by atoms with Gasteiger partial charge in [0.05, 0.1) is 24.3 Å². The number of rotatable bonds is 5. The number of nitrogens with zero attached hydrogens (tertiary/aromatic N) is 2. The van der Waals surface area contributed by atoms with Crippen molar-refractivity contribution in [3.8, 4) is 5.75 Å². The maximum atomic E-state index is 9.71. The van der Waals surface area contributed by atoms with E-state index in [1.807, 2.05) is 36.8 Å². The van der Waals surface area contributed by atoms with Crippen LogP contribution in [0, 0.1) is 0 Å². The minimum atomic E-state index is -0.536. The molecule has 0 saturated heterocycles. The summed E-state index contributed by atoms with van der Waals surface area (Å²) in [6.07, 6.45) is 3.08. The summed E-state index contributed by atoms with van der Waals surface area (Å²) in [5.41, 5.74) is 1.83. The molecular weight excluding hydrogens is 240 g/mol. The molecule has 1 atom stereocenters. The normalized spacial score (nSPS) is 12.7. The topological polar surface area (TPSA) is 47.3 Å².